The van der Waals surface area contributed by atoms with Crippen molar-refractivity contribution >= 4 is 12.0 Å². The van der Waals surface area contributed by atoms with Gasteiger partial charge in [-0.1, -0.05) is 12.1 Å². The fraction of sp³-hybridized carbons (Fsp3) is 0.250. The molecular weight excluding hydrogens is 264 g/mol. The van der Waals surface area contributed by atoms with E-state index in [1.54, 1.807) is 0 Å². The van der Waals surface area contributed by atoms with Gasteiger partial charge in [-0.05, 0) is 12.1 Å². The van der Waals surface area contributed by atoms with E-state index in [4.69, 9.17) is 0 Å². The molecule has 0 bridgehead atoms. The zero-order chi connectivity index (χ0) is 14.2. The van der Waals surface area contributed by atoms with Crippen LogP contribution >= 0.6 is 0 Å². The molecule has 1 aliphatic heterocycles. The van der Waals surface area contributed by atoms with E-state index in [0.717, 1.165) is 16.1 Å². The lowest BCUT2D eigenvalue weighted by Gasteiger charge is -2.30. The number of hydrogen-bond donors (Lipinski definition) is 0. The van der Waals surface area contributed by atoms with Crippen molar-refractivity contribution in [1.29, 1.82) is 0 Å². The van der Waals surface area contributed by atoms with Crippen molar-refractivity contribution in [3.05, 3.63) is 41.4 Å². The average Bonchev–Trinajstić information content (AvgIpc) is 2.63. The smallest absolute Gasteiger partial charge is 0.296 e. The van der Waals surface area contributed by atoms with Gasteiger partial charge < -0.3 is 0 Å². The highest BCUT2D eigenvalue weighted by atomic mass is 19.4. The second-order valence-electron chi connectivity index (χ2n) is 4.00. The van der Waals surface area contributed by atoms with Crippen LogP contribution in [0.25, 0.3) is 0 Å². The van der Waals surface area contributed by atoms with Gasteiger partial charge in [0, 0.05) is 7.05 Å². The number of hydrogen-bond acceptors (Lipinski definition) is 3. The van der Waals surface area contributed by atoms with Crippen molar-refractivity contribution in [2.75, 3.05) is 18.6 Å². The SMILES string of the molecule is CN1C(C=O)=C(F)CN1c1ccccc1C(F)(F)F. The lowest BCUT2D eigenvalue weighted by Crippen LogP contribution is -2.36. The normalized spacial score (nSPS) is 16.3. The molecule has 1 aromatic rings. The molecule has 19 heavy (non-hydrogen) atoms. The maximum Gasteiger partial charge on any atom is 0.418 e. The van der Waals surface area contributed by atoms with Crippen LogP contribution in [0.1, 0.15) is 5.56 Å². The molecule has 0 saturated carbocycles. The van der Waals surface area contributed by atoms with Crippen LogP contribution in [0.4, 0.5) is 23.2 Å². The first-order valence-corrected chi connectivity index (χ1v) is 5.37. The summed E-state index contributed by atoms with van der Waals surface area (Å²) in [4.78, 5) is 10.7. The van der Waals surface area contributed by atoms with Crippen LogP contribution in [0.15, 0.2) is 35.8 Å². The van der Waals surface area contributed by atoms with Gasteiger partial charge in [0.2, 0.25) is 0 Å². The fourth-order valence-electron chi connectivity index (χ4n) is 1.95. The summed E-state index contributed by atoms with van der Waals surface area (Å²) in [5.41, 5.74) is -1.33. The van der Waals surface area contributed by atoms with Crippen LogP contribution in [0.5, 0.6) is 0 Å². The third-order valence-electron chi connectivity index (χ3n) is 2.88. The van der Waals surface area contributed by atoms with Crippen molar-refractivity contribution in [2.24, 2.45) is 0 Å². The Morgan fingerprint density at radius 3 is 2.42 bits per heavy atom. The third kappa shape index (κ3) is 2.27. The molecule has 0 atom stereocenters. The Hall–Kier alpha value is -2.05. The van der Waals surface area contributed by atoms with E-state index in [-0.39, 0.29) is 17.7 Å². The van der Waals surface area contributed by atoms with Crippen molar-refractivity contribution in [1.82, 2.24) is 5.01 Å². The zero-order valence-corrected chi connectivity index (χ0v) is 9.91. The van der Waals surface area contributed by atoms with Gasteiger partial charge in [0.1, 0.15) is 11.5 Å². The molecule has 3 nitrogen and oxygen atoms in total. The summed E-state index contributed by atoms with van der Waals surface area (Å²) in [6.45, 7) is -0.391. The maximum absolute atomic E-state index is 13.5. The van der Waals surface area contributed by atoms with E-state index < -0.39 is 24.1 Å². The number of carbonyl (C=O) groups is 1. The Labute approximate surface area is 106 Å². The Balaban J connectivity index is 2.44. The zero-order valence-electron chi connectivity index (χ0n) is 9.91. The average molecular weight is 274 g/mol. The fourth-order valence-corrected chi connectivity index (χ4v) is 1.95. The van der Waals surface area contributed by atoms with E-state index in [1.165, 1.54) is 25.2 Å². The lowest BCUT2D eigenvalue weighted by atomic mass is 10.1. The van der Waals surface area contributed by atoms with Crippen molar-refractivity contribution in [3.63, 3.8) is 0 Å². The molecule has 1 aliphatic rings. The number of benzene rings is 1. The number of carbonyl (C=O) groups excluding carboxylic acids is 1. The highest BCUT2D eigenvalue weighted by molar-refractivity contribution is 5.76. The first kappa shape index (κ1) is 13.4. The molecule has 0 N–H and O–H groups in total. The molecule has 0 unspecified atom stereocenters. The summed E-state index contributed by atoms with van der Waals surface area (Å²) in [5.74, 6) is -0.755. The standard InChI is InChI=1S/C12H10F4N2O/c1-17-11(7-19)9(13)6-18(17)10-5-3-2-4-8(10)12(14,15)16/h2-5,7H,6H2,1H3. The molecule has 0 saturated heterocycles. The number of aldehydes is 1. The number of hydrazine groups is 1. The van der Waals surface area contributed by atoms with Gasteiger partial charge in [-0.15, -0.1) is 0 Å². The molecule has 0 fully saturated rings. The van der Waals surface area contributed by atoms with Crippen LogP contribution in [0.3, 0.4) is 0 Å². The first-order chi connectivity index (χ1) is 8.86. The van der Waals surface area contributed by atoms with Gasteiger partial charge in [-0.2, -0.15) is 13.2 Å². The van der Waals surface area contributed by atoms with Crippen molar-refractivity contribution < 1.29 is 22.4 Å². The van der Waals surface area contributed by atoms with Gasteiger partial charge in [0.15, 0.2) is 6.29 Å². The van der Waals surface area contributed by atoms with Crippen LogP contribution in [-0.2, 0) is 11.0 Å². The maximum atomic E-state index is 13.5. The molecule has 0 radical (unpaired) electrons. The first-order valence-electron chi connectivity index (χ1n) is 5.37. The summed E-state index contributed by atoms with van der Waals surface area (Å²) in [7, 11) is 1.34. The topological polar surface area (TPSA) is 23.6 Å². The van der Waals surface area contributed by atoms with E-state index in [1.807, 2.05) is 0 Å². The number of likely N-dealkylation sites (N-methyl/N-ethyl adjacent to an activating group) is 1. The predicted molar refractivity (Wildman–Crippen MR) is 60.8 cm³/mol. The number of anilines is 1. The van der Waals surface area contributed by atoms with Crippen LogP contribution in [0, 0.1) is 0 Å². The predicted octanol–water partition coefficient (Wildman–Crippen LogP) is 2.75. The summed E-state index contributed by atoms with van der Waals surface area (Å²) in [5, 5.41) is 2.15. The van der Waals surface area contributed by atoms with Crippen molar-refractivity contribution in [3.8, 4) is 0 Å². The number of para-hydroxylation sites is 1. The minimum Gasteiger partial charge on any atom is -0.296 e. The number of allylic oxidation sites excluding steroid dienone is 1. The second-order valence-corrected chi connectivity index (χ2v) is 4.00. The summed E-state index contributed by atoms with van der Waals surface area (Å²) in [6, 6.07) is 4.84. The molecule has 1 heterocycles. The van der Waals surface area contributed by atoms with Gasteiger partial charge in [-0.3, -0.25) is 14.8 Å². The number of alkyl halides is 3. The Kier molecular flexibility index (Phi) is 3.21. The summed E-state index contributed by atoms with van der Waals surface area (Å²) in [6.07, 6.45) is -4.26. The Morgan fingerprint density at radius 1 is 1.26 bits per heavy atom. The third-order valence-corrected chi connectivity index (χ3v) is 2.88. The molecule has 7 heteroatoms. The number of nitrogens with zero attached hydrogens (tertiary/aromatic N) is 2. The minimum absolute atomic E-state index is 0.190. The molecule has 0 spiro atoms. The highest BCUT2D eigenvalue weighted by Gasteiger charge is 2.37. The Morgan fingerprint density at radius 2 is 1.89 bits per heavy atom. The van der Waals surface area contributed by atoms with Crippen LogP contribution < -0.4 is 5.01 Å². The summed E-state index contributed by atoms with van der Waals surface area (Å²) < 4.78 is 52.1. The van der Waals surface area contributed by atoms with Crippen LogP contribution in [0.2, 0.25) is 0 Å². The van der Waals surface area contributed by atoms with Crippen molar-refractivity contribution in [2.45, 2.75) is 6.18 Å². The van der Waals surface area contributed by atoms with Gasteiger partial charge in [-0.25, -0.2) is 4.39 Å². The monoisotopic (exact) mass is 274 g/mol. The number of halogens is 4. The highest BCUT2D eigenvalue weighted by Crippen LogP contribution is 2.38. The lowest BCUT2D eigenvalue weighted by molar-refractivity contribution is -0.137. The molecular formula is C12H10F4N2O. The van der Waals surface area contributed by atoms with E-state index in [0.29, 0.717) is 0 Å². The quantitative estimate of drug-likeness (QED) is 0.612. The van der Waals surface area contributed by atoms with Gasteiger partial charge >= 0.3 is 6.18 Å². The summed E-state index contributed by atoms with van der Waals surface area (Å²) >= 11 is 0. The minimum atomic E-state index is -4.54. The largest absolute Gasteiger partial charge is 0.418 e. The molecule has 0 aliphatic carbocycles. The molecule has 102 valence electrons. The van der Waals surface area contributed by atoms with E-state index in [9.17, 15) is 22.4 Å². The molecule has 0 amide bonds. The second kappa shape index (κ2) is 4.56. The van der Waals surface area contributed by atoms with E-state index >= 15 is 0 Å². The number of rotatable bonds is 2. The van der Waals surface area contributed by atoms with Gasteiger partial charge in [0.05, 0.1) is 17.8 Å². The molecule has 2 rings (SSSR count). The van der Waals surface area contributed by atoms with E-state index in [2.05, 4.69) is 0 Å². The Bertz CT molecular complexity index is 539. The molecule has 0 aromatic heterocycles. The molecule has 1 aromatic carbocycles. The van der Waals surface area contributed by atoms with Gasteiger partial charge in [0.25, 0.3) is 0 Å². The van der Waals surface area contributed by atoms with Crippen LogP contribution in [-0.4, -0.2) is 24.9 Å².